The molecule has 0 bridgehead atoms. The molecule has 1 aliphatic heterocycles. The van der Waals surface area contributed by atoms with Crippen molar-refractivity contribution in [1.82, 2.24) is 0 Å². The van der Waals surface area contributed by atoms with E-state index >= 15 is 0 Å². The van der Waals surface area contributed by atoms with E-state index < -0.39 is 0 Å². The second-order valence-corrected chi connectivity index (χ2v) is 1.79. The van der Waals surface area contributed by atoms with Crippen molar-refractivity contribution in [2.24, 2.45) is 0 Å². The van der Waals surface area contributed by atoms with Crippen molar-refractivity contribution in [2.75, 3.05) is 0 Å². The zero-order valence-electron chi connectivity index (χ0n) is 4.27. The van der Waals surface area contributed by atoms with Crippen molar-refractivity contribution >= 4 is 0 Å². The summed E-state index contributed by atoms with van der Waals surface area (Å²) in [6, 6.07) is 0. The van der Waals surface area contributed by atoms with Crippen LogP contribution in [0.5, 0.6) is 0 Å². The Balaban J connectivity index is 2.09. The van der Waals surface area contributed by atoms with E-state index in [2.05, 4.69) is 13.8 Å². The highest BCUT2D eigenvalue weighted by Gasteiger charge is 2.31. The fraction of sp³-hybridized carbons (Fsp3) is 1.00. The van der Waals surface area contributed by atoms with Gasteiger partial charge in [-0.2, -0.15) is 0 Å². The zero-order valence-corrected chi connectivity index (χ0v) is 4.27. The number of hydrogen-bond donors (Lipinski definition) is 0. The van der Waals surface area contributed by atoms with Gasteiger partial charge < -0.3 is 4.74 Å². The van der Waals surface area contributed by atoms with Gasteiger partial charge in [0.25, 0.3) is 0 Å². The maximum atomic E-state index is 5.07. The fourth-order valence-electron chi connectivity index (χ4n) is 0.659. The van der Waals surface area contributed by atoms with Gasteiger partial charge in [-0.3, -0.25) is 0 Å². The van der Waals surface area contributed by atoms with Crippen LogP contribution in [0.25, 0.3) is 0 Å². The molecule has 36 valence electrons. The van der Waals surface area contributed by atoms with E-state index in [0.717, 1.165) is 0 Å². The fourth-order valence-corrected chi connectivity index (χ4v) is 0.659. The van der Waals surface area contributed by atoms with Crippen molar-refractivity contribution in [3.05, 3.63) is 0 Å². The largest absolute Gasteiger partial charge is 0.370 e. The number of hydrogen-bond acceptors (Lipinski definition) is 1. The van der Waals surface area contributed by atoms with Gasteiger partial charge in [-0.15, -0.1) is 0 Å². The highest BCUT2D eigenvalue weighted by molar-refractivity contribution is 4.77. The van der Waals surface area contributed by atoms with Crippen LogP contribution in [0.2, 0.25) is 0 Å². The Morgan fingerprint density at radius 2 is 2.17 bits per heavy atom. The first-order chi connectivity index (χ1) is 2.84. The normalized spacial score (nSPS) is 43.0. The molecule has 6 heavy (non-hydrogen) atoms. The number of epoxide rings is 1. The maximum absolute atomic E-state index is 5.07. The summed E-state index contributed by atoms with van der Waals surface area (Å²) in [5.41, 5.74) is 0. The molecule has 0 spiro atoms. The molecule has 1 rings (SSSR count). The highest BCUT2D eigenvalue weighted by Crippen LogP contribution is 2.22. The van der Waals surface area contributed by atoms with Gasteiger partial charge in [-0.25, -0.2) is 0 Å². The Kier molecular flexibility index (Phi) is 0.845. The summed E-state index contributed by atoms with van der Waals surface area (Å²) >= 11 is 0. The molecule has 1 heterocycles. The van der Waals surface area contributed by atoms with Crippen LogP contribution in [0.1, 0.15) is 20.3 Å². The Hall–Kier alpha value is -0.0400. The number of rotatable bonds is 1. The van der Waals surface area contributed by atoms with Crippen LogP contribution in [0.3, 0.4) is 0 Å². The SMILES string of the molecule is CC[C@H]1O[C@@H]1C. The summed E-state index contributed by atoms with van der Waals surface area (Å²) in [6.07, 6.45) is 2.35. The lowest BCUT2D eigenvalue weighted by Crippen LogP contribution is -1.81. The Bertz CT molecular complexity index is 49.9. The third-order valence-electron chi connectivity index (χ3n) is 1.24. The van der Waals surface area contributed by atoms with Crippen LogP contribution in [0.15, 0.2) is 0 Å². The Labute approximate surface area is 38.3 Å². The van der Waals surface area contributed by atoms with Crippen molar-refractivity contribution in [3.8, 4) is 0 Å². The summed E-state index contributed by atoms with van der Waals surface area (Å²) in [5, 5.41) is 0. The summed E-state index contributed by atoms with van der Waals surface area (Å²) in [4.78, 5) is 0. The lowest BCUT2D eigenvalue weighted by Gasteiger charge is -1.72. The van der Waals surface area contributed by atoms with Crippen molar-refractivity contribution in [2.45, 2.75) is 32.5 Å². The van der Waals surface area contributed by atoms with Crippen LogP contribution in [0.4, 0.5) is 0 Å². The summed E-state index contributed by atoms with van der Waals surface area (Å²) < 4.78 is 5.07. The van der Waals surface area contributed by atoms with Gasteiger partial charge in [0.15, 0.2) is 0 Å². The predicted molar refractivity (Wildman–Crippen MR) is 24.6 cm³/mol. The lowest BCUT2D eigenvalue weighted by atomic mass is 10.3. The van der Waals surface area contributed by atoms with Crippen molar-refractivity contribution in [3.63, 3.8) is 0 Å². The second-order valence-electron chi connectivity index (χ2n) is 1.79. The molecule has 0 aromatic heterocycles. The molecule has 0 saturated carbocycles. The second kappa shape index (κ2) is 1.23. The predicted octanol–water partition coefficient (Wildman–Crippen LogP) is 1.18. The smallest absolute Gasteiger partial charge is 0.0836 e. The molecule has 0 radical (unpaired) electrons. The third kappa shape index (κ3) is 0.548. The minimum absolute atomic E-state index is 0.565. The van der Waals surface area contributed by atoms with E-state index in [1.54, 1.807) is 0 Å². The van der Waals surface area contributed by atoms with E-state index in [9.17, 15) is 0 Å². The van der Waals surface area contributed by atoms with Gasteiger partial charge in [-0.05, 0) is 13.3 Å². The average Bonchev–Trinajstić information content (AvgIpc) is 2.19. The van der Waals surface area contributed by atoms with Crippen molar-refractivity contribution in [1.29, 1.82) is 0 Å². The molecule has 1 saturated heterocycles. The van der Waals surface area contributed by atoms with Crippen LogP contribution >= 0.6 is 0 Å². The quantitative estimate of drug-likeness (QED) is 0.436. The van der Waals surface area contributed by atoms with Crippen LogP contribution in [-0.2, 0) is 4.74 Å². The number of ether oxygens (including phenoxy) is 1. The maximum Gasteiger partial charge on any atom is 0.0836 e. The molecular weight excluding hydrogens is 76.1 g/mol. The van der Waals surface area contributed by atoms with Crippen LogP contribution in [0, 0.1) is 0 Å². The lowest BCUT2D eigenvalue weighted by molar-refractivity contribution is 0.375. The molecule has 0 N–H and O–H groups in total. The summed E-state index contributed by atoms with van der Waals surface area (Å²) in [6.45, 7) is 4.25. The van der Waals surface area contributed by atoms with E-state index in [0.29, 0.717) is 12.2 Å². The van der Waals surface area contributed by atoms with E-state index in [1.165, 1.54) is 6.42 Å². The minimum atomic E-state index is 0.565. The molecule has 0 amide bonds. The van der Waals surface area contributed by atoms with Gasteiger partial charge in [0.1, 0.15) is 0 Å². The molecular formula is C5H10O. The minimum Gasteiger partial charge on any atom is -0.370 e. The van der Waals surface area contributed by atoms with Gasteiger partial charge in [0.2, 0.25) is 0 Å². The standard InChI is InChI=1S/C5H10O/c1-3-5-4(2)6-5/h4-5H,3H2,1-2H3/t4-,5-/m1/s1. The van der Waals surface area contributed by atoms with E-state index in [4.69, 9.17) is 4.74 Å². The third-order valence-corrected chi connectivity index (χ3v) is 1.24. The zero-order chi connectivity index (χ0) is 4.57. The topological polar surface area (TPSA) is 12.5 Å². The molecule has 0 aromatic carbocycles. The Morgan fingerprint density at radius 3 is 2.17 bits per heavy atom. The van der Waals surface area contributed by atoms with Gasteiger partial charge in [0.05, 0.1) is 12.2 Å². The molecule has 0 aromatic rings. The first-order valence-corrected chi connectivity index (χ1v) is 2.50. The molecule has 1 nitrogen and oxygen atoms in total. The average molecular weight is 86.1 g/mol. The van der Waals surface area contributed by atoms with Crippen LogP contribution < -0.4 is 0 Å². The molecule has 1 heteroatoms. The first kappa shape index (κ1) is 4.13. The molecule has 1 fully saturated rings. The molecule has 0 aliphatic carbocycles. The summed E-state index contributed by atoms with van der Waals surface area (Å²) in [7, 11) is 0. The van der Waals surface area contributed by atoms with E-state index in [-0.39, 0.29) is 0 Å². The molecule has 0 unspecified atom stereocenters. The van der Waals surface area contributed by atoms with Gasteiger partial charge >= 0.3 is 0 Å². The van der Waals surface area contributed by atoms with Gasteiger partial charge in [-0.1, -0.05) is 6.92 Å². The first-order valence-electron chi connectivity index (χ1n) is 2.50. The van der Waals surface area contributed by atoms with Crippen LogP contribution in [-0.4, -0.2) is 12.2 Å². The van der Waals surface area contributed by atoms with Crippen molar-refractivity contribution < 1.29 is 4.74 Å². The van der Waals surface area contributed by atoms with E-state index in [1.807, 2.05) is 0 Å². The molecule has 1 aliphatic rings. The van der Waals surface area contributed by atoms with Gasteiger partial charge in [0, 0.05) is 0 Å². The molecule has 2 atom stereocenters. The monoisotopic (exact) mass is 86.1 g/mol. The Morgan fingerprint density at radius 1 is 1.67 bits per heavy atom. The highest BCUT2D eigenvalue weighted by atomic mass is 16.6. The summed E-state index contributed by atoms with van der Waals surface area (Å²) in [5.74, 6) is 0.